The van der Waals surface area contributed by atoms with Gasteiger partial charge in [-0.05, 0) is 6.07 Å². The van der Waals surface area contributed by atoms with Gasteiger partial charge >= 0.3 is 5.97 Å². The fourth-order valence-electron chi connectivity index (χ4n) is 1.47. The number of nitrogens with one attached hydrogen (secondary N) is 1. The van der Waals surface area contributed by atoms with Gasteiger partial charge in [-0.15, -0.1) is 5.10 Å². The molecule has 2 rings (SSSR count). The smallest absolute Gasteiger partial charge is 0.305 e. The van der Waals surface area contributed by atoms with Gasteiger partial charge in [0, 0.05) is 5.56 Å². The van der Waals surface area contributed by atoms with Crippen molar-refractivity contribution in [2.24, 2.45) is 10.2 Å². The summed E-state index contributed by atoms with van der Waals surface area (Å²) in [6.07, 6.45) is 0.937. The number of carbonyl (C=O) groups excluding carboxylic acids is 1. The Morgan fingerprint density at radius 3 is 2.95 bits per heavy atom. The Morgan fingerprint density at radius 2 is 2.25 bits per heavy atom. The standard InChI is InChI=1S/C12H10FN3O3S/c13-8-4-2-1-3-7(8)6-14-16-12-15-11(19)9(20-12)5-10(17)18/h1-4,6,9H,5H2,(H,17,18)(H,15,16,19)/t9-/m0/s1. The lowest BCUT2D eigenvalue weighted by atomic mass is 10.2. The number of carboxylic acid groups (broad SMARTS) is 1. The molecule has 2 N–H and O–H groups in total. The molecule has 6 nitrogen and oxygen atoms in total. The van der Waals surface area contributed by atoms with E-state index in [4.69, 9.17) is 5.11 Å². The molecule has 1 atom stereocenters. The molecule has 0 radical (unpaired) electrons. The lowest BCUT2D eigenvalue weighted by Gasteiger charge is -1.97. The third kappa shape index (κ3) is 3.64. The topological polar surface area (TPSA) is 91.1 Å². The summed E-state index contributed by atoms with van der Waals surface area (Å²) in [6, 6.07) is 6.05. The molecule has 0 aliphatic carbocycles. The van der Waals surface area contributed by atoms with Crippen LogP contribution in [0.4, 0.5) is 4.39 Å². The van der Waals surface area contributed by atoms with Crippen LogP contribution in [0.3, 0.4) is 0 Å². The summed E-state index contributed by atoms with van der Waals surface area (Å²) in [5.74, 6) is -1.91. The summed E-state index contributed by atoms with van der Waals surface area (Å²) in [6.45, 7) is 0. The van der Waals surface area contributed by atoms with Crippen LogP contribution in [0.5, 0.6) is 0 Å². The molecule has 104 valence electrons. The molecule has 1 aliphatic heterocycles. The van der Waals surface area contributed by atoms with Crippen LogP contribution in [-0.4, -0.2) is 33.6 Å². The zero-order chi connectivity index (χ0) is 14.5. The quantitative estimate of drug-likeness (QED) is 0.645. The maximum absolute atomic E-state index is 13.3. The number of hydrogen-bond acceptors (Lipinski definition) is 5. The number of rotatable bonds is 4. The van der Waals surface area contributed by atoms with Gasteiger partial charge in [0.25, 0.3) is 0 Å². The zero-order valence-corrected chi connectivity index (χ0v) is 10.9. The molecule has 1 fully saturated rings. The molecule has 8 heteroatoms. The molecule has 1 heterocycles. The van der Waals surface area contributed by atoms with Crippen molar-refractivity contribution in [1.29, 1.82) is 0 Å². The SMILES string of the molecule is O=C(O)C[C@@H]1SC(=NN=Cc2ccccc2F)NC1=O. The number of carboxylic acids is 1. The summed E-state index contributed by atoms with van der Waals surface area (Å²) in [5, 5.41) is 17.9. The largest absolute Gasteiger partial charge is 0.481 e. The first-order valence-electron chi connectivity index (χ1n) is 5.61. The van der Waals surface area contributed by atoms with Crippen molar-refractivity contribution in [3.63, 3.8) is 0 Å². The summed E-state index contributed by atoms with van der Waals surface area (Å²) >= 11 is 0.987. The highest BCUT2D eigenvalue weighted by Crippen LogP contribution is 2.22. The second-order valence-electron chi connectivity index (χ2n) is 3.86. The number of halogens is 1. The number of carbonyl (C=O) groups is 2. The van der Waals surface area contributed by atoms with E-state index >= 15 is 0 Å². The van der Waals surface area contributed by atoms with Crippen molar-refractivity contribution in [2.75, 3.05) is 0 Å². The number of aliphatic carboxylic acids is 1. The third-order valence-electron chi connectivity index (χ3n) is 2.39. The molecule has 0 saturated carbocycles. The van der Waals surface area contributed by atoms with Gasteiger partial charge < -0.3 is 10.4 Å². The van der Waals surface area contributed by atoms with Crippen LogP contribution in [0.25, 0.3) is 0 Å². The van der Waals surface area contributed by atoms with Crippen molar-refractivity contribution >= 4 is 35.0 Å². The first-order chi connectivity index (χ1) is 9.56. The van der Waals surface area contributed by atoms with E-state index in [9.17, 15) is 14.0 Å². The van der Waals surface area contributed by atoms with Gasteiger partial charge in [-0.2, -0.15) is 5.10 Å². The van der Waals surface area contributed by atoms with E-state index in [1.54, 1.807) is 12.1 Å². The third-order valence-corrected chi connectivity index (χ3v) is 3.46. The molecule has 0 aromatic heterocycles. The minimum atomic E-state index is -1.06. The average molecular weight is 295 g/mol. The van der Waals surface area contributed by atoms with Gasteiger partial charge in [-0.1, -0.05) is 30.0 Å². The Balaban J connectivity index is 2.01. The molecule has 1 aromatic carbocycles. The van der Waals surface area contributed by atoms with Gasteiger partial charge in [-0.25, -0.2) is 4.39 Å². The molecular formula is C12H10FN3O3S. The monoisotopic (exact) mass is 295 g/mol. The Kier molecular flexibility index (Phi) is 4.46. The first kappa shape index (κ1) is 14.2. The Labute approximate surface area is 117 Å². The van der Waals surface area contributed by atoms with Gasteiger partial charge in [-0.3, -0.25) is 9.59 Å². The Hall–Kier alpha value is -2.22. The minimum absolute atomic E-state index is 0.203. The van der Waals surface area contributed by atoms with Crippen LogP contribution in [-0.2, 0) is 9.59 Å². The van der Waals surface area contributed by atoms with Crippen LogP contribution in [0, 0.1) is 5.82 Å². The Morgan fingerprint density at radius 1 is 1.50 bits per heavy atom. The second kappa shape index (κ2) is 6.29. The van der Waals surface area contributed by atoms with Crippen LogP contribution in [0.1, 0.15) is 12.0 Å². The van der Waals surface area contributed by atoms with Crippen molar-refractivity contribution in [3.05, 3.63) is 35.6 Å². The highest BCUT2D eigenvalue weighted by molar-refractivity contribution is 8.15. The van der Waals surface area contributed by atoms with Crippen molar-refractivity contribution in [2.45, 2.75) is 11.7 Å². The summed E-state index contributed by atoms with van der Waals surface area (Å²) in [5.41, 5.74) is 0.272. The molecular weight excluding hydrogens is 285 g/mol. The minimum Gasteiger partial charge on any atom is -0.481 e. The van der Waals surface area contributed by atoms with E-state index in [1.807, 2.05) is 0 Å². The van der Waals surface area contributed by atoms with Crippen molar-refractivity contribution < 1.29 is 19.1 Å². The average Bonchev–Trinajstić information content (AvgIpc) is 2.72. The van der Waals surface area contributed by atoms with Gasteiger partial charge in [0.15, 0.2) is 5.17 Å². The van der Waals surface area contributed by atoms with Crippen LogP contribution in [0.2, 0.25) is 0 Å². The maximum atomic E-state index is 13.3. The van der Waals surface area contributed by atoms with Crippen LogP contribution in [0.15, 0.2) is 34.5 Å². The molecule has 0 bridgehead atoms. The molecule has 1 saturated heterocycles. The van der Waals surface area contributed by atoms with E-state index in [-0.39, 0.29) is 17.2 Å². The summed E-state index contributed by atoms with van der Waals surface area (Å²) in [7, 11) is 0. The highest BCUT2D eigenvalue weighted by Gasteiger charge is 2.32. The predicted octanol–water partition coefficient (Wildman–Crippen LogP) is 1.22. The molecule has 1 amide bonds. The first-order valence-corrected chi connectivity index (χ1v) is 6.49. The van der Waals surface area contributed by atoms with Crippen molar-refractivity contribution in [1.82, 2.24) is 5.32 Å². The fourth-order valence-corrected chi connectivity index (χ4v) is 2.38. The van der Waals surface area contributed by atoms with E-state index in [0.717, 1.165) is 11.8 Å². The molecule has 1 aromatic rings. The number of benzene rings is 1. The van der Waals surface area contributed by atoms with Gasteiger partial charge in [0.2, 0.25) is 5.91 Å². The molecule has 1 aliphatic rings. The number of hydrogen-bond donors (Lipinski definition) is 2. The lowest BCUT2D eigenvalue weighted by Crippen LogP contribution is -2.26. The second-order valence-corrected chi connectivity index (χ2v) is 5.06. The summed E-state index contributed by atoms with van der Waals surface area (Å²) in [4.78, 5) is 22.0. The van der Waals surface area contributed by atoms with E-state index in [0.29, 0.717) is 0 Å². The van der Waals surface area contributed by atoms with Crippen LogP contribution >= 0.6 is 11.8 Å². The number of amidine groups is 1. The maximum Gasteiger partial charge on any atom is 0.305 e. The Bertz CT molecular complexity index is 603. The molecule has 0 spiro atoms. The summed E-state index contributed by atoms with van der Waals surface area (Å²) < 4.78 is 13.3. The van der Waals surface area contributed by atoms with Gasteiger partial charge in [0.1, 0.15) is 11.1 Å². The zero-order valence-electron chi connectivity index (χ0n) is 10.1. The van der Waals surface area contributed by atoms with Gasteiger partial charge in [0.05, 0.1) is 12.6 Å². The molecule has 0 unspecified atom stereocenters. The van der Waals surface area contributed by atoms with Crippen LogP contribution < -0.4 is 5.32 Å². The van der Waals surface area contributed by atoms with E-state index < -0.39 is 22.9 Å². The number of thioether (sulfide) groups is 1. The number of amides is 1. The predicted molar refractivity (Wildman–Crippen MR) is 73.2 cm³/mol. The molecule has 20 heavy (non-hydrogen) atoms. The van der Waals surface area contributed by atoms with Crippen molar-refractivity contribution in [3.8, 4) is 0 Å². The highest BCUT2D eigenvalue weighted by atomic mass is 32.2. The van der Waals surface area contributed by atoms with E-state index in [1.165, 1.54) is 18.3 Å². The fraction of sp³-hybridized carbons (Fsp3) is 0.167. The number of nitrogens with zero attached hydrogens (tertiary/aromatic N) is 2. The van der Waals surface area contributed by atoms with E-state index in [2.05, 4.69) is 15.5 Å². The normalized spacial score (nSPS) is 20.6. The lowest BCUT2D eigenvalue weighted by molar-refractivity contribution is -0.138.